The van der Waals surface area contributed by atoms with Crippen molar-refractivity contribution < 1.29 is 4.79 Å². The van der Waals surface area contributed by atoms with Crippen molar-refractivity contribution >= 4 is 17.4 Å². The number of para-hydroxylation sites is 1. The van der Waals surface area contributed by atoms with Gasteiger partial charge in [0.05, 0.1) is 11.4 Å². The second-order valence-electron chi connectivity index (χ2n) is 6.59. The van der Waals surface area contributed by atoms with Gasteiger partial charge in [-0.3, -0.25) is 19.7 Å². The second-order valence-corrected chi connectivity index (χ2v) is 6.59. The molecule has 136 valence electrons. The molecule has 0 bridgehead atoms. The van der Waals surface area contributed by atoms with E-state index in [1.54, 1.807) is 12.1 Å². The van der Waals surface area contributed by atoms with Gasteiger partial charge in [-0.05, 0) is 44.0 Å². The van der Waals surface area contributed by atoms with E-state index in [1.807, 2.05) is 49.4 Å². The van der Waals surface area contributed by atoms with Crippen LogP contribution in [0.15, 0.2) is 64.4 Å². The first-order chi connectivity index (χ1) is 13.1. The van der Waals surface area contributed by atoms with Gasteiger partial charge in [0.15, 0.2) is 0 Å². The molecule has 0 radical (unpaired) electrons. The van der Waals surface area contributed by atoms with Crippen molar-refractivity contribution in [2.45, 2.75) is 19.8 Å². The first-order valence-corrected chi connectivity index (χ1v) is 8.95. The van der Waals surface area contributed by atoms with Gasteiger partial charge in [0, 0.05) is 12.1 Å². The molecule has 1 aliphatic heterocycles. The zero-order valence-corrected chi connectivity index (χ0v) is 15.0. The Labute approximate surface area is 156 Å². The van der Waals surface area contributed by atoms with Gasteiger partial charge in [0.2, 0.25) is 0 Å². The summed E-state index contributed by atoms with van der Waals surface area (Å²) < 4.78 is 1.45. The molecule has 0 atom stereocenters. The van der Waals surface area contributed by atoms with E-state index in [-0.39, 0.29) is 11.5 Å². The Hall–Kier alpha value is -3.41. The lowest BCUT2D eigenvalue weighted by molar-refractivity contribution is 0.102. The Morgan fingerprint density at radius 3 is 2.52 bits per heavy atom. The van der Waals surface area contributed by atoms with Crippen LogP contribution in [-0.2, 0) is 0 Å². The maximum absolute atomic E-state index is 13.0. The van der Waals surface area contributed by atoms with E-state index in [2.05, 4.69) is 15.4 Å². The van der Waals surface area contributed by atoms with Gasteiger partial charge < -0.3 is 5.32 Å². The van der Waals surface area contributed by atoms with Crippen molar-refractivity contribution in [3.63, 3.8) is 0 Å². The third-order valence-electron chi connectivity index (χ3n) is 4.62. The van der Waals surface area contributed by atoms with Crippen LogP contribution >= 0.6 is 0 Å². The Morgan fingerprint density at radius 2 is 1.85 bits per heavy atom. The molecule has 0 unspecified atom stereocenters. The summed E-state index contributed by atoms with van der Waals surface area (Å²) in [5.41, 5.74) is 3.30. The van der Waals surface area contributed by atoms with Crippen LogP contribution in [0.5, 0.6) is 0 Å². The molecule has 1 amide bonds. The fraction of sp³-hybridized carbons (Fsp3) is 0.190. The van der Waals surface area contributed by atoms with E-state index in [4.69, 9.17) is 0 Å². The summed E-state index contributed by atoms with van der Waals surface area (Å²) in [5, 5.41) is 5.90. The summed E-state index contributed by atoms with van der Waals surface area (Å²) in [6.45, 7) is 2.67. The van der Waals surface area contributed by atoms with Crippen LogP contribution < -0.4 is 10.9 Å². The average Bonchev–Trinajstić information content (AvgIpc) is 3.31. The number of carbonyl (C=O) groups is 1. The van der Waals surface area contributed by atoms with Gasteiger partial charge in [0.1, 0.15) is 11.4 Å². The normalized spacial score (nSPS) is 13.4. The fourth-order valence-electron chi connectivity index (χ4n) is 3.19. The van der Waals surface area contributed by atoms with E-state index in [0.717, 1.165) is 24.1 Å². The molecule has 0 fully saturated rings. The molecular weight excluding hydrogens is 340 g/mol. The Kier molecular flexibility index (Phi) is 4.46. The number of benzene rings is 2. The Balaban J connectivity index is 1.76. The first-order valence-electron chi connectivity index (χ1n) is 8.95. The van der Waals surface area contributed by atoms with Crippen molar-refractivity contribution in [3.8, 4) is 5.69 Å². The molecule has 1 aromatic heterocycles. The molecule has 27 heavy (non-hydrogen) atoms. The second kappa shape index (κ2) is 7.07. The third-order valence-corrected chi connectivity index (χ3v) is 4.62. The number of carbonyl (C=O) groups excluding carboxylic acids is 1. The van der Waals surface area contributed by atoms with Gasteiger partial charge in [-0.2, -0.15) is 0 Å². The standard InChI is InChI=1S/C21H20N4O2/c1-14-9-11-15(12-10-14)20(26)23-19-18(17-8-5-13-22-17)21(27)25(24-19)16-6-3-2-4-7-16/h2-4,6-7,9-12,24H,5,8,13H2,1H3,(H,23,26). The molecular formula is C21H20N4O2. The highest BCUT2D eigenvalue weighted by molar-refractivity contribution is 6.10. The molecule has 0 saturated carbocycles. The third kappa shape index (κ3) is 3.33. The molecule has 2 heterocycles. The molecule has 1 aliphatic rings. The number of rotatable bonds is 4. The number of aromatic amines is 1. The molecule has 3 aromatic rings. The van der Waals surface area contributed by atoms with E-state index in [0.29, 0.717) is 29.2 Å². The monoisotopic (exact) mass is 360 g/mol. The molecule has 0 aliphatic carbocycles. The minimum atomic E-state index is -0.267. The van der Waals surface area contributed by atoms with Crippen molar-refractivity contribution in [2.24, 2.45) is 4.99 Å². The molecule has 0 saturated heterocycles. The van der Waals surface area contributed by atoms with Crippen molar-refractivity contribution in [1.29, 1.82) is 0 Å². The van der Waals surface area contributed by atoms with Gasteiger partial charge in [-0.1, -0.05) is 35.9 Å². The SMILES string of the molecule is Cc1ccc(C(=O)Nc2[nH]n(-c3ccccc3)c(=O)c2C2=NCCC2)cc1. The van der Waals surface area contributed by atoms with E-state index in [1.165, 1.54) is 4.68 Å². The summed E-state index contributed by atoms with van der Waals surface area (Å²) in [7, 11) is 0. The number of amides is 1. The molecule has 6 nitrogen and oxygen atoms in total. The number of aryl methyl sites for hydroxylation is 1. The zero-order chi connectivity index (χ0) is 18.8. The van der Waals surface area contributed by atoms with E-state index >= 15 is 0 Å². The van der Waals surface area contributed by atoms with E-state index < -0.39 is 0 Å². The molecule has 4 rings (SSSR count). The van der Waals surface area contributed by atoms with Crippen molar-refractivity contribution in [2.75, 3.05) is 11.9 Å². The smallest absolute Gasteiger partial charge is 0.282 e. The van der Waals surface area contributed by atoms with Crippen LogP contribution in [0.4, 0.5) is 5.82 Å². The summed E-state index contributed by atoms with van der Waals surface area (Å²) in [5.74, 6) is 0.117. The molecule has 2 N–H and O–H groups in total. The van der Waals surface area contributed by atoms with Gasteiger partial charge >= 0.3 is 0 Å². The van der Waals surface area contributed by atoms with Gasteiger partial charge in [-0.25, -0.2) is 4.68 Å². The summed E-state index contributed by atoms with van der Waals surface area (Å²) in [6.07, 6.45) is 1.64. The topological polar surface area (TPSA) is 79.2 Å². The van der Waals surface area contributed by atoms with E-state index in [9.17, 15) is 9.59 Å². The number of hydrogen-bond acceptors (Lipinski definition) is 3. The summed E-state index contributed by atoms with van der Waals surface area (Å²) in [4.78, 5) is 30.2. The summed E-state index contributed by atoms with van der Waals surface area (Å²) in [6, 6.07) is 16.6. The molecule has 2 aromatic carbocycles. The predicted molar refractivity (Wildman–Crippen MR) is 106 cm³/mol. The van der Waals surface area contributed by atoms with Crippen LogP contribution in [0.25, 0.3) is 5.69 Å². The van der Waals surface area contributed by atoms with Crippen LogP contribution in [-0.4, -0.2) is 27.9 Å². The largest absolute Gasteiger partial charge is 0.306 e. The Morgan fingerprint density at radius 1 is 1.11 bits per heavy atom. The highest BCUT2D eigenvalue weighted by Gasteiger charge is 2.23. The minimum Gasteiger partial charge on any atom is -0.306 e. The molecule has 6 heteroatoms. The highest BCUT2D eigenvalue weighted by atomic mass is 16.2. The van der Waals surface area contributed by atoms with Crippen molar-refractivity contribution in [1.82, 2.24) is 9.78 Å². The average molecular weight is 360 g/mol. The number of aliphatic imine (C=N–C) groups is 1. The van der Waals surface area contributed by atoms with Gasteiger partial charge in [-0.15, -0.1) is 0 Å². The zero-order valence-electron chi connectivity index (χ0n) is 15.0. The minimum absolute atomic E-state index is 0.207. The number of H-pyrrole nitrogens is 1. The number of aromatic nitrogens is 2. The highest BCUT2D eigenvalue weighted by Crippen LogP contribution is 2.19. The number of nitrogens with zero attached hydrogens (tertiary/aromatic N) is 2. The molecule has 0 spiro atoms. The van der Waals surface area contributed by atoms with Crippen LogP contribution in [0.2, 0.25) is 0 Å². The van der Waals surface area contributed by atoms with Crippen LogP contribution in [0, 0.1) is 6.92 Å². The maximum atomic E-state index is 13.0. The number of nitrogens with one attached hydrogen (secondary N) is 2. The first kappa shape index (κ1) is 17.0. The number of hydrogen-bond donors (Lipinski definition) is 2. The van der Waals surface area contributed by atoms with Crippen molar-refractivity contribution in [3.05, 3.63) is 81.6 Å². The predicted octanol–water partition coefficient (Wildman–Crippen LogP) is 3.31. The quantitative estimate of drug-likeness (QED) is 0.749. The summed E-state index contributed by atoms with van der Waals surface area (Å²) >= 11 is 0. The lowest BCUT2D eigenvalue weighted by Crippen LogP contribution is -2.20. The van der Waals surface area contributed by atoms with Gasteiger partial charge in [0.25, 0.3) is 11.5 Å². The van der Waals surface area contributed by atoms with Crippen LogP contribution in [0.3, 0.4) is 0 Å². The van der Waals surface area contributed by atoms with Crippen LogP contribution in [0.1, 0.15) is 34.3 Å². The number of anilines is 1. The fourth-order valence-corrected chi connectivity index (χ4v) is 3.19. The lowest BCUT2D eigenvalue weighted by Gasteiger charge is -2.06. The lowest BCUT2D eigenvalue weighted by atomic mass is 10.1. The Bertz CT molecular complexity index is 1060. The maximum Gasteiger partial charge on any atom is 0.282 e.